The molecule has 0 bridgehead atoms. The van der Waals surface area contributed by atoms with Gasteiger partial charge in [-0.05, 0) is 18.9 Å². The van der Waals surface area contributed by atoms with Crippen LogP contribution in [0.3, 0.4) is 0 Å². The molecule has 26 heavy (non-hydrogen) atoms. The van der Waals surface area contributed by atoms with Crippen LogP contribution in [-0.4, -0.2) is 16.0 Å². The zero-order valence-electron chi connectivity index (χ0n) is 15.1. The largest absolute Gasteiger partial charge is 0.349 e. The van der Waals surface area contributed by atoms with E-state index in [1.807, 2.05) is 30.3 Å². The number of carbonyl (C=O) groups excluding carboxylic acids is 1. The second kappa shape index (κ2) is 8.43. The summed E-state index contributed by atoms with van der Waals surface area (Å²) in [6.45, 7) is 4.12. The lowest BCUT2D eigenvalue weighted by molar-refractivity contribution is -0.121. The average Bonchev–Trinajstić information content (AvgIpc) is 3.15. The van der Waals surface area contributed by atoms with Gasteiger partial charge < -0.3 is 9.84 Å². The molecule has 1 amide bonds. The van der Waals surface area contributed by atoms with Gasteiger partial charge in [0, 0.05) is 18.4 Å². The van der Waals surface area contributed by atoms with Crippen molar-refractivity contribution in [3.05, 3.63) is 71.6 Å². The number of aryl methyl sites for hydroxylation is 2. The Bertz CT molecular complexity index is 841. The topological polar surface area (TPSA) is 68.0 Å². The lowest BCUT2D eigenvalue weighted by atomic mass is 10.0. The molecule has 3 aromatic rings. The molecule has 0 saturated carbocycles. The predicted molar refractivity (Wildman–Crippen MR) is 100 cm³/mol. The van der Waals surface area contributed by atoms with Gasteiger partial charge in [0.15, 0.2) is 0 Å². The number of amides is 1. The molecule has 0 saturated heterocycles. The summed E-state index contributed by atoms with van der Waals surface area (Å²) in [7, 11) is 0. The summed E-state index contributed by atoms with van der Waals surface area (Å²) in [5.74, 6) is 1.01. The molecule has 3 rings (SSSR count). The summed E-state index contributed by atoms with van der Waals surface area (Å²) in [6, 6.07) is 17.9. The van der Waals surface area contributed by atoms with Gasteiger partial charge in [-0.2, -0.15) is 4.98 Å². The van der Waals surface area contributed by atoms with Gasteiger partial charge in [-0.1, -0.05) is 72.2 Å². The van der Waals surface area contributed by atoms with Crippen molar-refractivity contribution in [2.24, 2.45) is 0 Å². The quantitative estimate of drug-likeness (QED) is 0.692. The fraction of sp³-hybridized carbons (Fsp3) is 0.286. The molecule has 1 N–H and O–H groups in total. The molecule has 0 unspecified atom stereocenters. The first-order valence-electron chi connectivity index (χ1n) is 8.89. The Balaban J connectivity index is 1.55. The van der Waals surface area contributed by atoms with Gasteiger partial charge in [0.2, 0.25) is 17.6 Å². The first-order chi connectivity index (χ1) is 12.7. The van der Waals surface area contributed by atoms with Gasteiger partial charge in [-0.15, -0.1) is 0 Å². The number of hydrogen-bond acceptors (Lipinski definition) is 4. The van der Waals surface area contributed by atoms with Crippen LogP contribution in [0, 0.1) is 6.92 Å². The SMILES string of the molecule is CC[C@@H](NC(=O)CCc1nc(-c2ccccc2)no1)c1ccc(C)cc1. The second-order valence-electron chi connectivity index (χ2n) is 6.32. The third kappa shape index (κ3) is 4.57. The fourth-order valence-electron chi connectivity index (χ4n) is 2.77. The molecule has 2 aromatic carbocycles. The number of nitrogens with one attached hydrogen (secondary N) is 1. The Hall–Kier alpha value is -2.95. The molecule has 0 spiro atoms. The molecule has 1 atom stereocenters. The van der Waals surface area contributed by atoms with E-state index in [2.05, 4.69) is 53.6 Å². The Morgan fingerprint density at radius 2 is 1.85 bits per heavy atom. The first kappa shape index (κ1) is 17.9. The fourth-order valence-corrected chi connectivity index (χ4v) is 2.77. The second-order valence-corrected chi connectivity index (χ2v) is 6.32. The van der Waals surface area contributed by atoms with Crippen LogP contribution in [0.4, 0.5) is 0 Å². The van der Waals surface area contributed by atoms with Crippen LogP contribution < -0.4 is 5.32 Å². The molecule has 0 aliphatic heterocycles. The van der Waals surface area contributed by atoms with Gasteiger partial charge >= 0.3 is 0 Å². The maximum atomic E-state index is 12.3. The van der Waals surface area contributed by atoms with Gasteiger partial charge in [-0.3, -0.25) is 4.79 Å². The van der Waals surface area contributed by atoms with E-state index in [1.54, 1.807) is 0 Å². The molecular weight excluding hydrogens is 326 g/mol. The first-order valence-corrected chi connectivity index (χ1v) is 8.89. The van der Waals surface area contributed by atoms with E-state index < -0.39 is 0 Å². The third-order valence-corrected chi connectivity index (χ3v) is 4.29. The van der Waals surface area contributed by atoms with Crippen molar-refractivity contribution in [2.45, 2.75) is 39.2 Å². The average molecular weight is 349 g/mol. The molecule has 0 aliphatic carbocycles. The van der Waals surface area contributed by atoms with E-state index in [0.29, 0.717) is 24.6 Å². The van der Waals surface area contributed by atoms with Crippen molar-refractivity contribution in [1.82, 2.24) is 15.5 Å². The van der Waals surface area contributed by atoms with Crippen LogP contribution in [0.5, 0.6) is 0 Å². The van der Waals surface area contributed by atoms with Crippen LogP contribution in [-0.2, 0) is 11.2 Å². The number of carbonyl (C=O) groups is 1. The van der Waals surface area contributed by atoms with Crippen molar-refractivity contribution < 1.29 is 9.32 Å². The van der Waals surface area contributed by atoms with Gasteiger partial charge in [-0.25, -0.2) is 0 Å². The van der Waals surface area contributed by atoms with Crippen LogP contribution in [0.1, 0.15) is 42.8 Å². The lowest BCUT2D eigenvalue weighted by Crippen LogP contribution is -2.28. The van der Waals surface area contributed by atoms with E-state index in [1.165, 1.54) is 5.56 Å². The summed E-state index contributed by atoms with van der Waals surface area (Å²) in [5, 5.41) is 7.06. The molecule has 0 fully saturated rings. The number of benzene rings is 2. The molecule has 5 nitrogen and oxygen atoms in total. The van der Waals surface area contributed by atoms with Crippen molar-refractivity contribution in [3.8, 4) is 11.4 Å². The molecule has 134 valence electrons. The number of aromatic nitrogens is 2. The predicted octanol–water partition coefficient (Wildman–Crippen LogP) is 4.25. The minimum absolute atomic E-state index is 0.0168. The number of rotatable bonds is 7. The Morgan fingerprint density at radius 1 is 1.12 bits per heavy atom. The van der Waals surface area contributed by atoms with E-state index >= 15 is 0 Å². The molecule has 0 radical (unpaired) electrons. The highest BCUT2D eigenvalue weighted by atomic mass is 16.5. The number of hydrogen-bond donors (Lipinski definition) is 1. The molecule has 0 aliphatic rings. The van der Waals surface area contributed by atoms with E-state index in [9.17, 15) is 4.79 Å². The Morgan fingerprint density at radius 3 is 2.54 bits per heavy atom. The van der Waals surface area contributed by atoms with Crippen LogP contribution in [0.25, 0.3) is 11.4 Å². The van der Waals surface area contributed by atoms with Crippen molar-refractivity contribution >= 4 is 5.91 Å². The highest BCUT2D eigenvalue weighted by Gasteiger charge is 2.14. The van der Waals surface area contributed by atoms with Gasteiger partial charge in [0.05, 0.1) is 6.04 Å². The Labute approximate surface area is 153 Å². The van der Waals surface area contributed by atoms with Gasteiger partial charge in [0.1, 0.15) is 0 Å². The number of nitrogens with zero attached hydrogens (tertiary/aromatic N) is 2. The van der Waals surface area contributed by atoms with E-state index in [0.717, 1.165) is 17.5 Å². The monoisotopic (exact) mass is 349 g/mol. The zero-order valence-corrected chi connectivity index (χ0v) is 15.1. The molecule has 1 aromatic heterocycles. The summed E-state index contributed by atoms with van der Waals surface area (Å²) in [4.78, 5) is 16.7. The summed E-state index contributed by atoms with van der Waals surface area (Å²) >= 11 is 0. The normalized spacial score (nSPS) is 11.9. The Kier molecular flexibility index (Phi) is 5.79. The molecular formula is C21H23N3O2. The summed E-state index contributed by atoms with van der Waals surface area (Å²) in [6.07, 6.45) is 1.59. The zero-order chi connectivity index (χ0) is 18.4. The summed E-state index contributed by atoms with van der Waals surface area (Å²) < 4.78 is 5.26. The standard InChI is InChI=1S/C21H23N3O2/c1-3-18(16-11-9-15(2)10-12-16)22-19(25)13-14-20-23-21(24-26-20)17-7-5-4-6-8-17/h4-12,18H,3,13-14H2,1-2H3,(H,22,25)/t18-/m1/s1. The van der Waals surface area contributed by atoms with Crippen LogP contribution in [0.15, 0.2) is 59.1 Å². The smallest absolute Gasteiger partial charge is 0.227 e. The van der Waals surface area contributed by atoms with Crippen LogP contribution in [0.2, 0.25) is 0 Å². The van der Waals surface area contributed by atoms with E-state index in [4.69, 9.17) is 4.52 Å². The molecule has 5 heteroatoms. The van der Waals surface area contributed by atoms with Crippen molar-refractivity contribution in [1.29, 1.82) is 0 Å². The molecule has 1 heterocycles. The van der Waals surface area contributed by atoms with E-state index in [-0.39, 0.29) is 11.9 Å². The minimum Gasteiger partial charge on any atom is -0.349 e. The summed E-state index contributed by atoms with van der Waals surface area (Å²) in [5.41, 5.74) is 3.23. The van der Waals surface area contributed by atoms with Crippen molar-refractivity contribution in [2.75, 3.05) is 0 Å². The highest BCUT2D eigenvalue weighted by Crippen LogP contribution is 2.18. The minimum atomic E-state index is -0.0168. The maximum absolute atomic E-state index is 12.3. The highest BCUT2D eigenvalue weighted by molar-refractivity contribution is 5.76. The lowest BCUT2D eigenvalue weighted by Gasteiger charge is -2.17. The van der Waals surface area contributed by atoms with Crippen LogP contribution >= 0.6 is 0 Å². The maximum Gasteiger partial charge on any atom is 0.227 e. The van der Waals surface area contributed by atoms with Crippen molar-refractivity contribution in [3.63, 3.8) is 0 Å². The van der Waals surface area contributed by atoms with Gasteiger partial charge in [0.25, 0.3) is 0 Å². The third-order valence-electron chi connectivity index (χ3n) is 4.29.